The van der Waals surface area contributed by atoms with Crippen molar-refractivity contribution < 1.29 is 17.9 Å². The van der Waals surface area contributed by atoms with E-state index in [4.69, 9.17) is 16.3 Å². The number of rotatable bonds is 2. The van der Waals surface area contributed by atoms with Gasteiger partial charge >= 0.3 is 6.18 Å². The Bertz CT molecular complexity index is 576. The van der Waals surface area contributed by atoms with E-state index in [9.17, 15) is 13.2 Å². The van der Waals surface area contributed by atoms with Gasteiger partial charge < -0.3 is 4.74 Å². The van der Waals surface area contributed by atoms with Crippen molar-refractivity contribution in [3.8, 4) is 11.5 Å². The minimum atomic E-state index is -4.41. The first-order chi connectivity index (χ1) is 8.86. The van der Waals surface area contributed by atoms with E-state index in [2.05, 4.69) is 0 Å². The van der Waals surface area contributed by atoms with Gasteiger partial charge in [0.2, 0.25) is 0 Å². The van der Waals surface area contributed by atoms with Crippen LogP contribution in [0, 0.1) is 6.92 Å². The quantitative estimate of drug-likeness (QED) is 0.712. The van der Waals surface area contributed by atoms with Gasteiger partial charge in [0.15, 0.2) is 0 Å². The van der Waals surface area contributed by atoms with Crippen LogP contribution >= 0.6 is 11.6 Å². The molecule has 0 radical (unpaired) electrons. The molecule has 0 aliphatic rings. The molecule has 0 aliphatic heterocycles. The first kappa shape index (κ1) is 13.7. The zero-order valence-electron chi connectivity index (χ0n) is 9.96. The van der Waals surface area contributed by atoms with E-state index in [1.165, 1.54) is 6.07 Å². The second-order valence-electron chi connectivity index (χ2n) is 4.06. The highest BCUT2D eigenvalue weighted by atomic mass is 35.5. The molecule has 1 nitrogen and oxygen atoms in total. The van der Waals surface area contributed by atoms with E-state index in [1.807, 2.05) is 19.1 Å². The van der Waals surface area contributed by atoms with Gasteiger partial charge in [-0.3, -0.25) is 0 Å². The van der Waals surface area contributed by atoms with E-state index < -0.39 is 11.7 Å². The highest BCUT2D eigenvalue weighted by Gasteiger charge is 2.31. The maximum absolute atomic E-state index is 12.5. The van der Waals surface area contributed by atoms with Gasteiger partial charge in [-0.05, 0) is 37.3 Å². The van der Waals surface area contributed by atoms with Gasteiger partial charge in [-0.2, -0.15) is 13.2 Å². The minimum absolute atomic E-state index is 0.0737. The lowest BCUT2D eigenvalue weighted by atomic mass is 10.2. The second-order valence-corrected chi connectivity index (χ2v) is 4.47. The topological polar surface area (TPSA) is 9.23 Å². The highest BCUT2D eigenvalue weighted by molar-refractivity contribution is 6.32. The summed E-state index contributed by atoms with van der Waals surface area (Å²) in [6.07, 6.45) is -4.41. The maximum atomic E-state index is 12.5. The monoisotopic (exact) mass is 286 g/mol. The van der Waals surface area contributed by atoms with Crippen molar-refractivity contribution in [1.29, 1.82) is 0 Å². The zero-order valence-corrected chi connectivity index (χ0v) is 10.7. The lowest BCUT2D eigenvalue weighted by Gasteiger charge is -2.11. The molecule has 0 aromatic heterocycles. The summed E-state index contributed by atoms with van der Waals surface area (Å²) < 4.78 is 42.8. The number of alkyl halides is 3. The molecular weight excluding hydrogens is 277 g/mol. The van der Waals surface area contributed by atoms with Crippen LogP contribution in [0.25, 0.3) is 0 Å². The smallest absolute Gasteiger partial charge is 0.416 e. The summed E-state index contributed by atoms with van der Waals surface area (Å²) >= 11 is 5.79. The zero-order chi connectivity index (χ0) is 14.0. The fourth-order valence-corrected chi connectivity index (χ4v) is 1.71. The number of halogens is 4. The Morgan fingerprint density at radius 1 is 1.00 bits per heavy atom. The predicted molar refractivity (Wildman–Crippen MR) is 67.7 cm³/mol. The van der Waals surface area contributed by atoms with Crippen molar-refractivity contribution in [1.82, 2.24) is 0 Å². The lowest BCUT2D eigenvalue weighted by Crippen LogP contribution is -2.04. The van der Waals surface area contributed by atoms with Gasteiger partial charge in [-0.25, -0.2) is 0 Å². The predicted octanol–water partition coefficient (Wildman–Crippen LogP) is 5.46. The van der Waals surface area contributed by atoms with Crippen LogP contribution in [0.15, 0.2) is 42.5 Å². The third-order valence-electron chi connectivity index (χ3n) is 2.51. The normalized spacial score (nSPS) is 11.4. The van der Waals surface area contributed by atoms with Crippen molar-refractivity contribution in [3.05, 3.63) is 58.6 Å². The van der Waals surface area contributed by atoms with E-state index in [0.717, 1.165) is 17.7 Å². The molecule has 0 N–H and O–H groups in total. The van der Waals surface area contributed by atoms with Crippen LogP contribution in [-0.2, 0) is 6.18 Å². The van der Waals surface area contributed by atoms with E-state index >= 15 is 0 Å². The molecule has 2 rings (SSSR count). The molecule has 0 aliphatic carbocycles. The molecule has 0 fully saturated rings. The molecule has 0 heterocycles. The van der Waals surface area contributed by atoms with Gasteiger partial charge in [-0.15, -0.1) is 0 Å². The number of hydrogen-bond donors (Lipinski definition) is 0. The van der Waals surface area contributed by atoms with Gasteiger partial charge in [0.25, 0.3) is 0 Å². The van der Waals surface area contributed by atoms with E-state index in [0.29, 0.717) is 5.75 Å². The molecule has 2 aromatic rings. The van der Waals surface area contributed by atoms with Crippen molar-refractivity contribution in [2.24, 2.45) is 0 Å². The molecule has 0 spiro atoms. The fourth-order valence-electron chi connectivity index (χ4n) is 1.49. The molecule has 0 atom stereocenters. The van der Waals surface area contributed by atoms with Crippen molar-refractivity contribution in [2.75, 3.05) is 0 Å². The Hall–Kier alpha value is -1.68. The molecule has 0 amide bonds. The van der Waals surface area contributed by atoms with Gasteiger partial charge in [0.05, 0.1) is 10.6 Å². The molecule has 19 heavy (non-hydrogen) atoms. The van der Waals surface area contributed by atoms with Crippen LogP contribution in [0.5, 0.6) is 11.5 Å². The number of hydrogen-bond acceptors (Lipinski definition) is 1. The standard InChI is InChI=1S/C14H10ClF3O/c1-9-2-5-11(6-3-9)19-13-7-4-10(8-12(13)15)14(16,17)18/h2-8H,1H3. The number of ether oxygens (including phenoxy) is 1. The maximum Gasteiger partial charge on any atom is 0.416 e. The second kappa shape index (κ2) is 5.13. The Kier molecular flexibility index (Phi) is 3.71. The van der Waals surface area contributed by atoms with Crippen LogP contribution in [0.4, 0.5) is 13.2 Å². The average Bonchev–Trinajstić information content (AvgIpc) is 2.33. The first-order valence-corrected chi connectivity index (χ1v) is 5.85. The van der Waals surface area contributed by atoms with Crippen LogP contribution in [0.3, 0.4) is 0 Å². The molecule has 2 aromatic carbocycles. The third kappa shape index (κ3) is 3.41. The minimum Gasteiger partial charge on any atom is -0.456 e. The van der Waals surface area contributed by atoms with Crippen molar-refractivity contribution >= 4 is 11.6 Å². The summed E-state index contributed by atoms with van der Waals surface area (Å²) in [5.74, 6) is 0.714. The Labute approximate surface area is 113 Å². The van der Waals surface area contributed by atoms with Crippen LogP contribution in [0.2, 0.25) is 5.02 Å². The molecule has 0 unspecified atom stereocenters. The Balaban J connectivity index is 2.24. The van der Waals surface area contributed by atoms with Crippen LogP contribution in [-0.4, -0.2) is 0 Å². The summed E-state index contributed by atoms with van der Waals surface area (Å²) in [7, 11) is 0. The lowest BCUT2D eigenvalue weighted by molar-refractivity contribution is -0.137. The number of aryl methyl sites for hydroxylation is 1. The molecular formula is C14H10ClF3O. The summed E-state index contributed by atoms with van der Waals surface area (Å²) in [6, 6.07) is 10.1. The largest absolute Gasteiger partial charge is 0.456 e. The summed E-state index contributed by atoms with van der Waals surface area (Å²) in [5.41, 5.74) is 0.264. The SMILES string of the molecule is Cc1ccc(Oc2ccc(C(F)(F)F)cc2Cl)cc1. The van der Waals surface area contributed by atoms with E-state index in [1.54, 1.807) is 12.1 Å². The van der Waals surface area contributed by atoms with Crippen LogP contribution < -0.4 is 4.74 Å². The van der Waals surface area contributed by atoms with Gasteiger partial charge in [0.1, 0.15) is 11.5 Å². The first-order valence-electron chi connectivity index (χ1n) is 5.47. The highest BCUT2D eigenvalue weighted by Crippen LogP contribution is 2.36. The van der Waals surface area contributed by atoms with Gasteiger partial charge in [-0.1, -0.05) is 29.3 Å². The average molecular weight is 287 g/mol. The Morgan fingerprint density at radius 3 is 2.16 bits per heavy atom. The summed E-state index contributed by atoms with van der Waals surface area (Å²) in [5, 5.41) is -0.0737. The summed E-state index contributed by atoms with van der Waals surface area (Å²) in [4.78, 5) is 0. The Morgan fingerprint density at radius 2 is 1.63 bits per heavy atom. The summed E-state index contributed by atoms with van der Waals surface area (Å²) in [6.45, 7) is 1.93. The molecule has 0 saturated carbocycles. The third-order valence-corrected chi connectivity index (χ3v) is 2.80. The molecule has 0 bridgehead atoms. The fraction of sp³-hybridized carbons (Fsp3) is 0.143. The van der Waals surface area contributed by atoms with Crippen molar-refractivity contribution in [2.45, 2.75) is 13.1 Å². The molecule has 100 valence electrons. The van der Waals surface area contributed by atoms with E-state index in [-0.39, 0.29) is 10.8 Å². The number of benzene rings is 2. The van der Waals surface area contributed by atoms with Gasteiger partial charge in [0, 0.05) is 0 Å². The van der Waals surface area contributed by atoms with Crippen LogP contribution in [0.1, 0.15) is 11.1 Å². The molecule has 5 heteroatoms. The van der Waals surface area contributed by atoms with Crippen molar-refractivity contribution in [3.63, 3.8) is 0 Å². The molecule has 0 saturated heterocycles.